The van der Waals surface area contributed by atoms with Gasteiger partial charge in [0.05, 0.1) is 46.1 Å². The van der Waals surface area contributed by atoms with Gasteiger partial charge < -0.3 is 10.4 Å². The lowest BCUT2D eigenvalue weighted by Crippen LogP contribution is -2.35. The monoisotopic (exact) mass is 650 g/mol. The Morgan fingerprint density at radius 1 is 0.935 bits per heavy atom. The van der Waals surface area contributed by atoms with Crippen LogP contribution in [0.25, 0.3) is 16.7 Å². The number of nitrogens with zero attached hydrogens (tertiary/aromatic N) is 1. The average Bonchev–Trinajstić information content (AvgIpc) is 2.98. The van der Waals surface area contributed by atoms with Crippen LogP contribution in [0.15, 0.2) is 54.7 Å². The lowest BCUT2D eigenvalue weighted by molar-refractivity contribution is -0.149. The first-order valence-electron chi connectivity index (χ1n) is 14.5. The predicted molar refractivity (Wildman–Crippen MR) is 160 cm³/mol. The van der Waals surface area contributed by atoms with E-state index in [2.05, 4.69) is 10.3 Å². The van der Waals surface area contributed by atoms with Crippen LogP contribution < -0.4 is 5.32 Å². The van der Waals surface area contributed by atoms with Crippen LogP contribution in [0.4, 0.5) is 36.4 Å². The Balaban J connectivity index is 1.69. The Morgan fingerprint density at radius 3 is 2.04 bits per heavy atom. The Kier molecular flexibility index (Phi) is 9.43. The maximum Gasteiger partial charge on any atom is 0.416 e. The van der Waals surface area contributed by atoms with Gasteiger partial charge in [-0.15, -0.1) is 0 Å². The molecule has 1 aliphatic rings. The number of carboxylic acid groups (broad SMARTS) is 1. The van der Waals surface area contributed by atoms with Crippen LogP contribution in [-0.2, 0) is 27.4 Å². The first-order valence-corrected chi connectivity index (χ1v) is 14.5. The number of pyridine rings is 1. The summed E-state index contributed by atoms with van der Waals surface area (Å²) in [6.07, 6.45) is -5.21. The lowest BCUT2D eigenvalue weighted by atomic mass is 9.72. The summed E-state index contributed by atoms with van der Waals surface area (Å²) >= 11 is 0. The molecular weight excluding hydrogens is 617 g/mol. The average molecular weight is 651 g/mol. The summed E-state index contributed by atoms with van der Waals surface area (Å²) in [5.41, 5.74) is -2.72. The molecule has 246 valence electrons. The van der Waals surface area contributed by atoms with Crippen molar-refractivity contribution < 1.29 is 45.4 Å². The third-order valence-corrected chi connectivity index (χ3v) is 8.90. The molecule has 0 amide bonds. The molecule has 0 bridgehead atoms. The van der Waals surface area contributed by atoms with Crippen molar-refractivity contribution in [3.05, 3.63) is 88.5 Å². The highest BCUT2D eigenvalue weighted by molar-refractivity contribution is 5.94. The fourth-order valence-electron chi connectivity index (χ4n) is 5.59. The van der Waals surface area contributed by atoms with E-state index in [1.165, 1.54) is 32.2 Å². The zero-order chi connectivity index (χ0) is 34.2. The van der Waals surface area contributed by atoms with Crippen LogP contribution in [-0.4, -0.2) is 28.4 Å². The number of carbonyl (C=O) groups excluding carboxylic acids is 1. The molecule has 2 N–H and O–H groups in total. The smallest absolute Gasteiger partial charge is 0.416 e. The highest BCUT2D eigenvalue weighted by atomic mass is 19.4. The van der Waals surface area contributed by atoms with E-state index in [9.17, 15) is 45.4 Å². The Hall–Kier alpha value is -4.22. The quantitative estimate of drug-likeness (QED) is 0.226. The van der Waals surface area contributed by atoms with Gasteiger partial charge in [0, 0.05) is 5.56 Å². The lowest BCUT2D eigenvalue weighted by Gasteiger charge is -2.31. The zero-order valence-electron chi connectivity index (χ0n) is 25.6. The molecule has 0 saturated heterocycles. The highest BCUT2D eigenvalue weighted by Crippen LogP contribution is 2.43. The number of nitrogens with one attached hydrogen (secondary N) is 1. The molecule has 2 aromatic carbocycles. The van der Waals surface area contributed by atoms with Gasteiger partial charge in [0.15, 0.2) is 5.78 Å². The van der Waals surface area contributed by atoms with Crippen molar-refractivity contribution in [2.75, 3.05) is 11.9 Å². The Bertz CT molecular complexity index is 1660. The van der Waals surface area contributed by atoms with Gasteiger partial charge in [-0.2, -0.15) is 26.3 Å². The minimum absolute atomic E-state index is 0.0124. The molecule has 3 aromatic rings. The number of halogens is 7. The summed E-state index contributed by atoms with van der Waals surface area (Å²) in [6.45, 7) is 5.54. The van der Waals surface area contributed by atoms with Gasteiger partial charge in [0.2, 0.25) is 0 Å². The number of allylic oxidation sites excluding steroid dienone is 2. The molecule has 1 aromatic heterocycles. The fourth-order valence-corrected chi connectivity index (χ4v) is 5.59. The first kappa shape index (κ1) is 34.6. The molecule has 0 radical (unpaired) electrons. The number of aliphatic carboxylic acids is 1. The minimum atomic E-state index is -5.07. The molecule has 0 saturated carbocycles. The molecule has 0 spiro atoms. The summed E-state index contributed by atoms with van der Waals surface area (Å²) in [4.78, 5) is 29.8. The second-order valence-electron chi connectivity index (χ2n) is 12.1. The third-order valence-electron chi connectivity index (χ3n) is 8.90. The molecule has 12 heteroatoms. The van der Waals surface area contributed by atoms with Crippen molar-refractivity contribution in [3.63, 3.8) is 0 Å². The summed E-state index contributed by atoms with van der Waals surface area (Å²) in [6, 6.07) is 6.96. The number of Topliss-reactive ketones (excluding diaryl/α,β-unsaturated/α-hetero) is 1. The number of anilines is 1. The van der Waals surface area contributed by atoms with Gasteiger partial charge in [-0.3, -0.25) is 14.6 Å². The van der Waals surface area contributed by atoms with Crippen LogP contribution in [0.3, 0.4) is 0 Å². The number of alkyl halides is 6. The SMILES string of the molecule is CCC1(C(=O)O)CC=C(c2cc(-c3ccc(F)cc3C)c(NCC(=O)C(C)(C)c3cc(C(F)(F)F)cc(C(F)(F)F)c3)cn2)CC1. The minimum Gasteiger partial charge on any atom is -0.481 e. The normalized spacial score (nSPS) is 17.4. The number of aryl methyl sites for hydroxylation is 1. The Morgan fingerprint density at radius 2 is 1.54 bits per heavy atom. The third kappa shape index (κ3) is 7.10. The van der Waals surface area contributed by atoms with Crippen molar-refractivity contribution in [1.82, 2.24) is 4.98 Å². The number of hydrogen-bond acceptors (Lipinski definition) is 4. The van der Waals surface area contributed by atoms with Crippen molar-refractivity contribution in [2.24, 2.45) is 5.41 Å². The van der Waals surface area contributed by atoms with E-state index in [4.69, 9.17) is 0 Å². The van der Waals surface area contributed by atoms with Crippen LogP contribution in [0.2, 0.25) is 0 Å². The number of carboxylic acids is 1. The van der Waals surface area contributed by atoms with Gasteiger partial charge in [-0.05, 0) is 105 Å². The van der Waals surface area contributed by atoms with Crippen molar-refractivity contribution in [2.45, 2.75) is 71.1 Å². The van der Waals surface area contributed by atoms with E-state index in [0.29, 0.717) is 65.9 Å². The van der Waals surface area contributed by atoms with Crippen molar-refractivity contribution >= 4 is 23.0 Å². The van der Waals surface area contributed by atoms with Crippen LogP contribution in [0.5, 0.6) is 0 Å². The van der Waals surface area contributed by atoms with E-state index >= 15 is 0 Å². The number of aromatic nitrogens is 1. The van der Waals surface area contributed by atoms with Gasteiger partial charge >= 0.3 is 18.3 Å². The van der Waals surface area contributed by atoms with E-state index in [1.807, 2.05) is 13.0 Å². The van der Waals surface area contributed by atoms with Crippen LogP contribution in [0.1, 0.15) is 74.4 Å². The van der Waals surface area contributed by atoms with Crippen molar-refractivity contribution in [3.8, 4) is 11.1 Å². The molecule has 0 aliphatic heterocycles. The van der Waals surface area contributed by atoms with E-state index in [0.717, 1.165) is 5.57 Å². The van der Waals surface area contributed by atoms with Gasteiger partial charge in [-0.25, -0.2) is 4.39 Å². The zero-order valence-corrected chi connectivity index (χ0v) is 25.6. The number of ketones is 1. The number of benzene rings is 2. The van der Waals surface area contributed by atoms with E-state index in [1.54, 1.807) is 19.1 Å². The highest BCUT2D eigenvalue weighted by Gasteiger charge is 2.40. The van der Waals surface area contributed by atoms with Crippen molar-refractivity contribution in [1.29, 1.82) is 0 Å². The molecule has 0 fully saturated rings. The summed E-state index contributed by atoms with van der Waals surface area (Å²) in [5, 5.41) is 12.7. The maximum atomic E-state index is 14.0. The second-order valence-corrected chi connectivity index (χ2v) is 12.1. The number of hydrogen-bond donors (Lipinski definition) is 2. The number of rotatable bonds is 9. The van der Waals surface area contributed by atoms with Crippen LogP contribution >= 0.6 is 0 Å². The molecular formula is C34H33F7N2O3. The van der Waals surface area contributed by atoms with Gasteiger partial charge in [0.1, 0.15) is 5.82 Å². The molecule has 46 heavy (non-hydrogen) atoms. The fraction of sp³-hybridized carbons (Fsp3) is 0.382. The van der Waals surface area contributed by atoms with Crippen LogP contribution in [0, 0.1) is 18.2 Å². The first-order chi connectivity index (χ1) is 21.3. The summed E-state index contributed by atoms with van der Waals surface area (Å²) in [5.74, 6) is -2.03. The summed E-state index contributed by atoms with van der Waals surface area (Å²) < 4.78 is 94.9. The van der Waals surface area contributed by atoms with Gasteiger partial charge in [0.25, 0.3) is 0 Å². The number of carbonyl (C=O) groups is 2. The molecule has 5 nitrogen and oxygen atoms in total. The van der Waals surface area contributed by atoms with E-state index < -0.39 is 64.0 Å². The second kappa shape index (κ2) is 12.5. The molecule has 1 atom stereocenters. The topological polar surface area (TPSA) is 79.3 Å². The molecule has 1 heterocycles. The predicted octanol–water partition coefficient (Wildman–Crippen LogP) is 9.24. The standard InChI is InChI=1S/C34H33F7N2O3/c1-5-32(30(45)46)10-8-20(9-11-32)27-16-26(25-7-6-24(35)12-19(25)2)28(17-42-27)43-18-29(44)31(3,4)21-13-22(33(36,37)38)15-23(14-21)34(39,40)41/h6-8,12-17,43H,5,9-11,18H2,1-4H3,(H,45,46). The largest absolute Gasteiger partial charge is 0.481 e. The molecule has 4 rings (SSSR count). The van der Waals surface area contributed by atoms with E-state index in [-0.39, 0.29) is 6.07 Å². The van der Waals surface area contributed by atoms with Gasteiger partial charge in [-0.1, -0.05) is 19.1 Å². The Labute approximate surface area is 261 Å². The molecule has 1 aliphatic carbocycles. The molecule has 1 unspecified atom stereocenters. The summed E-state index contributed by atoms with van der Waals surface area (Å²) in [7, 11) is 0. The maximum absolute atomic E-state index is 14.0.